The first-order valence-corrected chi connectivity index (χ1v) is 10.6. The molecule has 0 amide bonds. The number of benzene rings is 1. The van der Waals surface area contributed by atoms with Crippen molar-refractivity contribution in [1.29, 1.82) is 0 Å². The van der Waals surface area contributed by atoms with Crippen molar-refractivity contribution in [2.75, 3.05) is 18.5 Å². The molecule has 0 spiro atoms. The molecule has 2 rings (SSSR count). The van der Waals surface area contributed by atoms with Crippen LogP contribution >= 0.6 is 11.6 Å². The van der Waals surface area contributed by atoms with Crippen molar-refractivity contribution >= 4 is 28.2 Å². The predicted octanol–water partition coefficient (Wildman–Crippen LogP) is 6.58. The van der Waals surface area contributed by atoms with E-state index >= 15 is 0 Å². The Hall–Kier alpha value is -1.32. The molecule has 0 atom stereocenters. The van der Waals surface area contributed by atoms with Gasteiger partial charge in [0.15, 0.2) is 0 Å². The molecule has 2 N–H and O–H groups in total. The van der Waals surface area contributed by atoms with Crippen LogP contribution in [0.25, 0.3) is 10.9 Å². The van der Waals surface area contributed by atoms with E-state index in [-0.39, 0.29) is 0 Å². The molecule has 0 bridgehead atoms. The molecule has 0 aliphatic carbocycles. The summed E-state index contributed by atoms with van der Waals surface area (Å²) in [6.07, 6.45) is 15.9. The highest BCUT2D eigenvalue weighted by Crippen LogP contribution is 2.24. The number of aliphatic hydroxyl groups is 1. The molecule has 0 aliphatic rings. The highest BCUT2D eigenvalue weighted by atomic mass is 35.5. The number of nitrogens with one attached hydrogen (secondary N) is 1. The summed E-state index contributed by atoms with van der Waals surface area (Å²) in [6, 6.07) is 7.91. The average molecular weight is 377 g/mol. The molecular formula is C22H33ClN2O. The first-order valence-electron chi connectivity index (χ1n) is 10.2. The number of aliphatic hydroxyl groups excluding tert-OH is 1. The summed E-state index contributed by atoms with van der Waals surface area (Å²) in [5.74, 6) is 0. The van der Waals surface area contributed by atoms with Crippen molar-refractivity contribution in [3.05, 3.63) is 35.5 Å². The van der Waals surface area contributed by atoms with Crippen LogP contribution in [0.3, 0.4) is 0 Å². The van der Waals surface area contributed by atoms with Crippen molar-refractivity contribution in [1.82, 2.24) is 4.98 Å². The normalized spacial score (nSPS) is 11.2. The fourth-order valence-corrected chi connectivity index (χ4v) is 3.49. The van der Waals surface area contributed by atoms with E-state index in [1.54, 1.807) is 0 Å². The molecule has 0 saturated heterocycles. The van der Waals surface area contributed by atoms with Gasteiger partial charge in [0.1, 0.15) is 0 Å². The minimum Gasteiger partial charge on any atom is -0.396 e. The largest absolute Gasteiger partial charge is 0.396 e. The van der Waals surface area contributed by atoms with Gasteiger partial charge in [0.05, 0.1) is 5.52 Å². The number of pyridine rings is 1. The molecule has 1 aromatic heterocycles. The first-order chi connectivity index (χ1) is 12.8. The van der Waals surface area contributed by atoms with Crippen LogP contribution in [0.1, 0.15) is 70.6 Å². The maximum absolute atomic E-state index is 8.74. The van der Waals surface area contributed by atoms with E-state index in [1.165, 1.54) is 64.2 Å². The standard InChI is InChI=1S/C22H33ClN2O/c23-19-12-13-20-21(14-16-25-22(20)18-19)24-15-10-8-6-4-2-1-3-5-7-9-11-17-26/h12-14,16,18,26H,1-11,15,17H2,(H,24,25). The van der Waals surface area contributed by atoms with Crippen molar-refractivity contribution in [3.63, 3.8) is 0 Å². The smallest absolute Gasteiger partial charge is 0.0737 e. The molecule has 26 heavy (non-hydrogen) atoms. The summed E-state index contributed by atoms with van der Waals surface area (Å²) in [5.41, 5.74) is 2.09. The molecule has 0 saturated carbocycles. The van der Waals surface area contributed by atoms with Gasteiger partial charge in [-0.05, 0) is 37.1 Å². The molecule has 0 radical (unpaired) electrons. The van der Waals surface area contributed by atoms with Crippen LogP contribution in [0.15, 0.2) is 30.5 Å². The van der Waals surface area contributed by atoms with Crippen LogP contribution < -0.4 is 5.32 Å². The van der Waals surface area contributed by atoms with E-state index < -0.39 is 0 Å². The highest BCUT2D eigenvalue weighted by Gasteiger charge is 2.02. The molecule has 0 fully saturated rings. The molecule has 3 nitrogen and oxygen atoms in total. The van der Waals surface area contributed by atoms with E-state index in [9.17, 15) is 0 Å². The summed E-state index contributed by atoms with van der Waals surface area (Å²) in [5, 5.41) is 14.1. The Morgan fingerprint density at radius 1 is 0.808 bits per heavy atom. The van der Waals surface area contributed by atoms with Crippen molar-refractivity contribution in [3.8, 4) is 0 Å². The predicted molar refractivity (Wildman–Crippen MR) is 113 cm³/mol. The van der Waals surface area contributed by atoms with Gasteiger partial charge >= 0.3 is 0 Å². The lowest BCUT2D eigenvalue weighted by molar-refractivity contribution is 0.282. The van der Waals surface area contributed by atoms with E-state index in [2.05, 4.69) is 10.3 Å². The van der Waals surface area contributed by atoms with Crippen molar-refractivity contribution in [2.24, 2.45) is 0 Å². The lowest BCUT2D eigenvalue weighted by Crippen LogP contribution is -2.02. The van der Waals surface area contributed by atoms with Crippen LogP contribution in [0.2, 0.25) is 5.02 Å². The summed E-state index contributed by atoms with van der Waals surface area (Å²) in [6.45, 7) is 1.35. The topological polar surface area (TPSA) is 45.1 Å². The number of hydrogen-bond donors (Lipinski definition) is 2. The third-order valence-corrected chi connectivity index (χ3v) is 5.09. The second kappa shape index (κ2) is 12.9. The average Bonchev–Trinajstić information content (AvgIpc) is 2.65. The maximum atomic E-state index is 8.74. The van der Waals surface area contributed by atoms with Gasteiger partial charge in [-0.25, -0.2) is 0 Å². The van der Waals surface area contributed by atoms with Gasteiger partial charge in [-0.2, -0.15) is 0 Å². The van der Waals surface area contributed by atoms with E-state index in [0.717, 1.165) is 34.6 Å². The van der Waals surface area contributed by atoms with Crippen LogP contribution in [-0.2, 0) is 0 Å². The molecule has 1 heterocycles. The molecule has 4 heteroatoms. The van der Waals surface area contributed by atoms with Crippen molar-refractivity contribution < 1.29 is 5.11 Å². The van der Waals surface area contributed by atoms with Gasteiger partial charge < -0.3 is 10.4 Å². The molecule has 0 unspecified atom stereocenters. The first kappa shape index (κ1) is 21.0. The second-order valence-electron chi connectivity index (χ2n) is 7.06. The number of anilines is 1. The Morgan fingerprint density at radius 3 is 2.08 bits per heavy atom. The number of aromatic nitrogens is 1. The third-order valence-electron chi connectivity index (χ3n) is 4.86. The van der Waals surface area contributed by atoms with Gasteiger partial charge in [0.25, 0.3) is 0 Å². The zero-order chi connectivity index (χ0) is 18.5. The lowest BCUT2D eigenvalue weighted by atomic mass is 10.1. The van der Waals surface area contributed by atoms with E-state index in [0.29, 0.717) is 6.61 Å². The number of nitrogens with zero attached hydrogens (tertiary/aromatic N) is 1. The zero-order valence-corrected chi connectivity index (χ0v) is 16.6. The van der Waals surface area contributed by atoms with Crippen LogP contribution in [0, 0.1) is 0 Å². The number of unbranched alkanes of at least 4 members (excludes halogenated alkanes) is 10. The number of rotatable bonds is 14. The van der Waals surface area contributed by atoms with Gasteiger partial charge in [-0.3, -0.25) is 4.98 Å². The Kier molecular flexibility index (Phi) is 10.4. The Bertz CT molecular complexity index is 633. The van der Waals surface area contributed by atoms with Gasteiger partial charge in [-0.1, -0.05) is 69.4 Å². The van der Waals surface area contributed by atoms with Crippen molar-refractivity contribution in [2.45, 2.75) is 70.6 Å². The fourth-order valence-electron chi connectivity index (χ4n) is 3.33. The summed E-state index contributed by atoms with van der Waals surface area (Å²) < 4.78 is 0. The van der Waals surface area contributed by atoms with Crippen LogP contribution in [0.4, 0.5) is 5.69 Å². The van der Waals surface area contributed by atoms with Gasteiger partial charge in [-0.15, -0.1) is 0 Å². The summed E-state index contributed by atoms with van der Waals surface area (Å²) in [4.78, 5) is 4.38. The Labute approximate surface area is 163 Å². The Morgan fingerprint density at radius 2 is 1.42 bits per heavy atom. The number of fused-ring (bicyclic) bond motifs is 1. The third kappa shape index (κ3) is 7.92. The van der Waals surface area contributed by atoms with E-state index in [1.807, 2.05) is 30.5 Å². The minimum absolute atomic E-state index is 0.348. The maximum Gasteiger partial charge on any atom is 0.0737 e. The zero-order valence-electron chi connectivity index (χ0n) is 15.9. The molecule has 2 aromatic rings. The van der Waals surface area contributed by atoms with Crippen LogP contribution in [-0.4, -0.2) is 23.2 Å². The lowest BCUT2D eigenvalue weighted by Gasteiger charge is -2.09. The van der Waals surface area contributed by atoms with Crippen LogP contribution in [0.5, 0.6) is 0 Å². The summed E-state index contributed by atoms with van der Waals surface area (Å²) in [7, 11) is 0. The number of hydrogen-bond acceptors (Lipinski definition) is 3. The molecule has 0 aliphatic heterocycles. The monoisotopic (exact) mass is 376 g/mol. The quantitative estimate of drug-likeness (QED) is 0.366. The highest BCUT2D eigenvalue weighted by molar-refractivity contribution is 6.31. The summed E-state index contributed by atoms with van der Waals surface area (Å²) >= 11 is 6.04. The van der Waals surface area contributed by atoms with E-state index in [4.69, 9.17) is 16.7 Å². The minimum atomic E-state index is 0.348. The van der Waals surface area contributed by atoms with Gasteiger partial charge in [0, 0.05) is 35.4 Å². The molecular weight excluding hydrogens is 344 g/mol. The second-order valence-corrected chi connectivity index (χ2v) is 7.50. The molecule has 1 aromatic carbocycles. The SMILES string of the molecule is OCCCCCCCCCCCCCNc1ccnc2cc(Cl)ccc12. The number of halogens is 1. The molecule has 144 valence electrons. The fraction of sp³-hybridized carbons (Fsp3) is 0.591. The van der Waals surface area contributed by atoms with Gasteiger partial charge in [0.2, 0.25) is 0 Å². The Balaban J connectivity index is 1.50.